The van der Waals surface area contributed by atoms with Crippen LogP contribution >= 0.6 is 0 Å². The van der Waals surface area contributed by atoms with Crippen LogP contribution in [-0.2, 0) is 0 Å². The molecule has 1 N–H and O–H groups in total. The molecule has 0 spiro atoms. The highest BCUT2D eigenvalue weighted by molar-refractivity contribution is 5.61. The maximum Gasteiger partial charge on any atom is 0.222 e. The SMILES string of the molecule is CNc1nccc(-c2ccc(OC)cc2F)n1. The molecular formula is C12H12FN3O. The molecule has 0 bridgehead atoms. The van der Waals surface area contributed by atoms with Gasteiger partial charge in [0.15, 0.2) is 0 Å². The van der Waals surface area contributed by atoms with E-state index in [1.54, 1.807) is 31.4 Å². The molecule has 5 heteroatoms. The molecule has 2 aromatic rings. The van der Waals surface area contributed by atoms with Crippen molar-refractivity contribution in [3.63, 3.8) is 0 Å². The van der Waals surface area contributed by atoms with E-state index in [2.05, 4.69) is 15.3 Å². The molecule has 1 heterocycles. The van der Waals surface area contributed by atoms with E-state index in [9.17, 15) is 4.39 Å². The van der Waals surface area contributed by atoms with Crippen molar-refractivity contribution in [3.05, 3.63) is 36.3 Å². The minimum absolute atomic E-state index is 0.370. The zero-order valence-electron chi connectivity index (χ0n) is 9.57. The lowest BCUT2D eigenvalue weighted by molar-refractivity contribution is 0.411. The Hall–Kier alpha value is -2.17. The Labute approximate surface area is 98.5 Å². The first kappa shape index (κ1) is 11.3. The lowest BCUT2D eigenvalue weighted by Crippen LogP contribution is -1.97. The van der Waals surface area contributed by atoms with Crippen LogP contribution in [0.3, 0.4) is 0 Å². The van der Waals surface area contributed by atoms with Crippen LogP contribution in [-0.4, -0.2) is 24.1 Å². The average molecular weight is 233 g/mol. The Kier molecular flexibility index (Phi) is 3.18. The number of aromatic nitrogens is 2. The highest BCUT2D eigenvalue weighted by Gasteiger charge is 2.08. The van der Waals surface area contributed by atoms with Crippen molar-refractivity contribution >= 4 is 5.95 Å². The summed E-state index contributed by atoms with van der Waals surface area (Å²) in [4.78, 5) is 8.15. The highest BCUT2D eigenvalue weighted by atomic mass is 19.1. The lowest BCUT2D eigenvalue weighted by Gasteiger charge is -2.06. The van der Waals surface area contributed by atoms with Crippen molar-refractivity contribution in [2.45, 2.75) is 0 Å². The molecule has 0 aliphatic heterocycles. The third-order valence-electron chi connectivity index (χ3n) is 2.33. The highest BCUT2D eigenvalue weighted by Crippen LogP contribution is 2.24. The number of rotatable bonds is 3. The Balaban J connectivity index is 2.45. The van der Waals surface area contributed by atoms with Gasteiger partial charge in [0, 0.05) is 24.9 Å². The quantitative estimate of drug-likeness (QED) is 0.883. The molecule has 0 amide bonds. The summed E-state index contributed by atoms with van der Waals surface area (Å²) in [5.74, 6) is 0.567. The standard InChI is InChI=1S/C12H12FN3O/c1-14-12-15-6-5-11(16-12)9-4-3-8(17-2)7-10(9)13/h3-7H,1-2H3,(H,14,15,16). The van der Waals surface area contributed by atoms with Crippen LogP contribution in [0.25, 0.3) is 11.3 Å². The molecule has 0 aliphatic carbocycles. The van der Waals surface area contributed by atoms with Crippen molar-refractivity contribution < 1.29 is 9.13 Å². The van der Waals surface area contributed by atoms with Gasteiger partial charge in [-0.15, -0.1) is 0 Å². The van der Waals surface area contributed by atoms with Crippen LogP contribution in [0.2, 0.25) is 0 Å². The van der Waals surface area contributed by atoms with Crippen LogP contribution in [0.5, 0.6) is 5.75 Å². The average Bonchev–Trinajstić information content (AvgIpc) is 2.38. The normalized spacial score (nSPS) is 10.1. The summed E-state index contributed by atoms with van der Waals surface area (Å²) in [6.45, 7) is 0. The Bertz CT molecular complexity index is 531. The van der Waals surface area contributed by atoms with Crippen molar-refractivity contribution in [1.29, 1.82) is 0 Å². The molecule has 0 aliphatic rings. The fraction of sp³-hybridized carbons (Fsp3) is 0.167. The van der Waals surface area contributed by atoms with Gasteiger partial charge in [0.05, 0.1) is 12.8 Å². The van der Waals surface area contributed by atoms with Crippen molar-refractivity contribution in [2.75, 3.05) is 19.5 Å². The van der Waals surface area contributed by atoms with E-state index in [4.69, 9.17) is 4.74 Å². The molecule has 0 unspecified atom stereocenters. The van der Waals surface area contributed by atoms with Crippen molar-refractivity contribution in [3.8, 4) is 17.0 Å². The Morgan fingerprint density at radius 2 is 2.12 bits per heavy atom. The first-order valence-corrected chi connectivity index (χ1v) is 5.09. The second-order valence-corrected chi connectivity index (χ2v) is 3.36. The van der Waals surface area contributed by atoms with Gasteiger partial charge >= 0.3 is 0 Å². The van der Waals surface area contributed by atoms with Crippen LogP contribution in [0, 0.1) is 5.82 Å². The third-order valence-corrected chi connectivity index (χ3v) is 2.33. The van der Waals surface area contributed by atoms with E-state index in [1.165, 1.54) is 13.2 Å². The fourth-order valence-electron chi connectivity index (χ4n) is 1.46. The predicted octanol–water partition coefficient (Wildman–Crippen LogP) is 2.33. The third kappa shape index (κ3) is 2.33. The molecule has 0 saturated carbocycles. The summed E-state index contributed by atoms with van der Waals surface area (Å²) >= 11 is 0. The van der Waals surface area contributed by atoms with E-state index >= 15 is 0 Å². The number of ether oxygens (including phenoxy) is 1. The van der Waals surface area contributed by atoms with Gasteiger partial charge in [-0.3, -0.25) is 0 Å². The first-order chi connectivity index (χ1) is 8.24. The van der Waals surface area contributed by atoms with Gasteiger partial charge in [0.1, 0.15) is 11.6 Å². The number of halogens is 1. The minimum atomic E-state index is -0.370. The van der Waals surface area contributed by atoms with Gasteiger partial charge in [-0.1, -0.05) is 0 Å². The Morgan fingerprint density at radius 3 is 2.76 bits per heavy atom. The molecule has 0 saturated heterocycles. The van der Waals surface area contributed by atoms with Crippen LogP contribution in [0.15, 0.2) is 30.5 Å². The zero-order chi connectivity index (χ0) is 12.3. The molecule has 0 atom stereocenters. The number of anilines is 1. The molecule has 0 fully saturated rings. The van der Waals surface area contributed by atoms with E-state index in [0.29, 0.717) is 23.0 Å². The van der Waals surface area contributed by atoms with Gasteiger partial charge < -0.3 is 10.1 Å². The summed E-state index contributed by atoms with van der Waals surface area (Å²) < 4.78 is 18.7. The van der Waals surface area contributed by atoms with E-state index < -0.39 is 0 Å². The monoisotopic (exact) mass is 233 g/mol. The smallest absolute Gasteiger partial charge is 0.222 e. The zero-order valence-corrected chi connectivity index (χ0v) is 9.57. The van der Waals surface area contributed by atoms with Gasteiger partial charge in [0.25, 0.3) is 0 Å². The second kappa shape index (κ2) is 4.78. The Morgan fingerprint density at radius 1 is 1.29 bits per heavy atom. The largest absolute Gasteiger partial charge is 0.497 e. The van der Waals surface area contributed by atoms with E-state index in [0.717, 1.165) is 0 Å². The summed E-state index contributed by atoms with van der Waals surface area (Å²) in [6.07, 6.45) is 1.58. The lowest BCUT2D eigenvalue weighted by atomic mass is 10.1. The minimum Gasteiger partial charge on any atom is -0.497 e. The number of hydrogen-bond acceptors (Lipinski definition) is 4. The van der Waals surface area contributed by atoms with Gasteiger partial charge in [-0.25, -0.2) is 14.4 Å². The molecule has 1 aromatic carbocycles. The van der Waals surface area contributed by atoms with Crippen molar-refractivity contribution in [1.82, 2.24) is 9.97 Å². The second-order valence-electron chi connectivity index (χ2n) is 3.36. The number of methoxy groups -OCH3 is 1. The maximum atomic E-state index is 13.8. The molecular weight excluding hydrogens is 221 g/mol. The summed E-state index contributed by atoms with van der Waals surface area (Å²) in [6, 6.07) is 6.32. The summed E-state index contributed by atoms with van der Waals surface area (Å²) in [5.41, 5.74) is 0.953. The number of nitrogens with zero attached hydrogens (tertiary/aromatic N) is 2. The molecule has 1 aromatic heterocycles. The summed E-state index contributed by atoms with van der Waals surface area (Å²) in [5, 5.41) is 2.81. The molecule has 2 rings (SSSR count). The van der Waals surface area contributed by atoms with Crippen LogP contribution < -0.4 is 10.1 Å². The number of nitrogens with one attached hydrogen (secondary N) is 1. The predicted molar refractivity (Wildman–Crippen MR) is 63.5 cm³/mol. The first-order valence-electron chi connectivity index (χ1n) is 5.09. The molecule has 17 heavy (non-hydrogen) atoms. The van der Waals surface area contributed by atoms with Gasteiger partial charge in [-0.05, 0) is 18.2 Å². The van der Waals surface area contributed by atoms with Gasteiger partial charge in [-0.2, -0.15) is 0 Å². The van der Waals surface area contributed by atoms with E-state index in [-0.39, 0.29) is 5.82 Å². The molecule has 88 valence electrons. The van der Waals surface area contributed by atoms with Gasteiger partial charge in [0.2, 0.25) is 5.95 Å². The molecule has 0 radical (unpaired) electrons. The maximum absolute atomic E-state index is 13.8. The number of benzene rings is 1. The van der Waals surface area contributed by atoms with Crippen LogP contribution in [0.4, 0.5) is 10.3 Å². The number of hydrogen-bond donors (Lipinski definition) is 1. The van der Waals surface area contributed by atoms with Crippen LogP contribution in [0.1, 0.15) is 0 Å². The topological polar surface area (TPSA) is 47.0 Å². The fourth-order valence-corrected chi connectivity index (χ4v) is 1.46. The summed E-state index contributed by atoms with van der Waals surface area (Å²) in [7, 11) is 3.21. The van der Waals surface area contributed by atoms with Crippen molar-refractivity contribution in [2.24, 2.45) is 0 Å². The molecule has 4 nitrogen and oxygen atoms in total. The van der Waals surface area contributed by atoms with E-state index in [1.807, 2.05) is 0 Å².